The van der Waals surface area contributed by atoms with Gasteiger partial charge in [-0.3, -0.25) is 9.59 Å². The van der Waals surface area contributed by atoms with Crippen LogP contribution in [0.15, 0.2) is 0 Å². The standard InChI is InChI=1S/C12H24N2O2S2/c1-5-13(6-2)11(15)9-17-18-10-12(16)14(7-3)8-4/h5-10H2,1-4H3. The minimum atomic E-state index is 0.146. The normalized spacial score (nSPS) is 10.2. The second-order valence-electron chi connectivity index (χ2n) is 3.66. The van der Waals surface area contributed by atoms with Gasteiger partial charge in [0.25, 0.3) is 0 Å². The first kappa shape index (κ1) is 17.6. The predicted molar refractivity (Wildman–Crippen MR) is 80.8 cm³/mol. The largest absolute Gasteiger partial charge is 0.343 e. The molecule has 0 bridgehead atoms. The molecule has 0 saturated heterocycles. The monoisotopic (exact) mass is 292 g/mol. The van der Waals surface area contributed by atoms with Gasteiger partial charge in [-0.25, -0.2) is 0 Å². The van der Waals surface area contributed by atoms with E-state index in [1.165, 1.54) is 21.6 Å². The van der Waals surface area contributed by atoms with Gasteiger partial charge in [-0.1, -0.05) is 21.6 Å². The van der Waals surface area contributed by atoms with Crippen LogP contribution in [0.3, 0.4) is 0 Å². The second kappa shape index (κ2) is 10.6. The summed E-state index contributed by atoms with van der Waals surface area (Å²) in [6.45, 7) is 10.9. The molecule has 0 aliphatic carbocycles. The highest BCUT2D eigenvalue weighted by molar-refractivity contribution is 8.77. The summed E-state index contributed by atoms with van der Waals surface area (Å²) < 4.78 is 0. The molecule has 0 spiro atoms. The molecule has 0 unspecified atom stereocenters. The Morgan fingerprint density at radius 3 is 1.22 bits per heavy atom. The van der Waals surface area contributed by atoms with Gasteiger partial charge in [0.1, 0.15) is 0 Å². The third-order valence-electron chi connectivity index (χ3n) is 2.68. The van der Waals surface area contributed by atoms with E-state index < -0.39 is 0 Å². The van der Waals surface area contributed by atoms with E-state index in [1.807, 2.05) is 27.7 Å². The Morgan fingerprint density at radius 2 is 1.00 bits per heavy atom. The summed E-state index contributed by atoms with van der Waals surface area (Å²) in [6.07, 6.45) is 0. The quantitative estimate of drug-likeness (QED) is 0.482. The average Bonchev–Trinajstić information content (AvgIpc) is 2.37. The fourth-order valence-electron chi connectivity index (χ4n) is 1.52. The molecular weight excluding hydrogens is 268 g/mol. The first-order chi connectivity index (χ1) is 8.60. The van der Waals surface area contributed by atoms with Gasteiger partial charge in [0, 0.05) is 26.2 Å². The van der Waals surface area contributed by atoms with Crippen molar-refractivity contribution in [2.24, 2.45) is 0 Å². The zero-order valence-electron chi connectivity index (χ0n) is 11.8. The van der Waals surface area contributed by atoms with E-state index in [0.717, 1.165) is 26.2 Å². The molecule has 6 heteroatoms. The third-order valence-corrected chi connectivity index (χ3v) is 4.78. The van der Waals surface area contributed by atoms with E-state index in [4.69, 9.17) is 0 Å². The number of rotatable bonds is 9. The lowest BCUT2D eigenvalue weighted by atomic mass is 10.5. The summed E-state index contributed by atoms with van der Waals surface area (Å²) in [5.41, 5.74) is 0. The molecular formula is C12H24N2O2S2. The second-order valence-corrected chi connectivity index (χ2v) is 6.12. The molecule has 0 radical (unpaired) electrons. The van der Waals surface area contributed by atoms with E-state index in [1.54, 1.807) is 9.80 Å². The van der Waals surface area contributed by atoms with Crippen LogP contribution < -0.4 is 0 Å². The molecule has 4 nitrogen and oxygen atoms in total. The molecule has 0 atom stereocenters. The molecule has 18 heavy (non-hydrogen) atoms. The Morgan fingerprint density at radius 1 is 0.722 bits per heavy atom. The summed E-state index contributed by atoms with van der Waals surface area (Å²) in [4.78, 5) is 27.0. The van der Waals surface area contributed by atoms with Crippen molar-refractivity contribution < 1.29 is 9.59 Å². The fraction of sp³-hybridized carbons (Fsp3) is 0.833. The van der Waals surface area contributed by atoms with E-state index in [9.17, 15) is 9.59 Å². The molecule has 0 rings (SSSR count). The first-order valence-electron chi connectivity index (χ1n) is 6.40. The van der Waals surface area contributed by atoms with Gasteiger partial charge in [-0.05, 0) is 27.7 Å². The van der Waals surface area contributed by atoms with E-state index in [2.05, 4.69) is 0 Å². The molecule has 2 amide bonds. The lowest BCUT2D eigenvalue weighted by Crippen LogP contribution is -2.32. The van der Waals surface area contributed by atoms with Crippen molar-refractivity contribution in [2.45, 2.75) is 27.7 Å². The van der Waals surface area contributed by atoms with E-state index in [0.29, 0.717) is 11.5 Å². The van der Waals surface area contributed by atoms with Gasteiger partial charge in [0.2, 0.25) is 11.8 Å². The van der Waals surface area contributed by atoms with Crippen LogP contribution in [0.2, 0.25) is 0 Å². The third kappa shape index (κ3) is 6.54. The van der Waals surface area contributed by atoms with Crippen LogP contribution in [0, 0.1) is 0 Å². The number of hydrogen-bond acceptors (Lipinski definition) is 4. The molecule has 0 heterocycles. The highest BCUT2D eigenvalue weighted by Crippen LogP contribution is 2.21. The van der Waals surface area contributed by atoms with Gasteiger partial charge in [0.15, 0.2) is 0 Å². The van der Waals surface area contributed by atoms with Crippen LogP contribution in [0.1, 0.15) is 27.7 Å². The van der Waals surface area contributed by atoms with E-state index >= 15 is 0 Å². The Labute approximate surface area is 118 Å². The van der Waals surface area contributed by atoms with Crippen molar-refractivity contribution in [1.29, 1.82) is 0 Å². The zero-order valence-corrected chi connectivity index (χ0v) is 13.4. The Bertz CT molecular complexity index is 228. The highest BCUT2D eigenvalue weighted by Gasteiger charge is 2.12. The summed E-state index contributed by atoms with van der Waals surface area (Å²) >= 11 is 0. The van der Waals surface area contributed by atoms with Crippen molar-refractivity contribution in [2.75, 3.05) is 37.7 Å². The van der Waals surface area contributed by atoms with Gasteiger partial charge >= 0.3 is 0 Å². The van der Waals surface area contributed by atoms with Crippen LogP contribution in [0.25, 0.3) is 0 Å². The van der Waals surface area contributed by atoms with Crippen molar-refractivity contribution in [3.63, 3.8) is 0 Å². The van der Waals surface area contributed by atoms with Gasteiger partial charge in [-0.15, -0.1) is 0 Å². The number of carbonyl (C=O) groups is 2. The van der Waals surface area contributed by atoms with Gasteiger partial charge in [-0.2, -0.15) is 0 Å². The Balaban J connectivity index is 3.79. The van der Waals surface area contributed by atoms with Crippen LogP contribution in [-0.4, -0.2) is 59.3 Å². The molecule has 0 saturated carbocycles. The average molecular weight is 292 g/mol. The SMILES string of the molecule is CCN(CC)C(=O)CSSCC(=O)N(CC)CC. The molecule has 0 aromatic carbocycles. The van der Waals surface area contributed by atoms with Crippen molar-refractivity contribution in [3.8, 4) is 0 Å². The van der Waals surface area contributed by atoms with Gasteiger partial charge in [0.05, 0.1) is 11.5 Å². The number of carbonyl (C=O) groups excluding carboxylic acids is 2. The molecule has 0 aromatic rings. The van der Waals surface area contributed by atoms with Crippen LogP contribution in [0.4, 0.5) is 0 Å². The topological polar surface area (TPSA) is 40.6 Å². The van der Waals surface area contributed by atoms with Crippen LogP contribution in [0.5, 0.6) is 0 Å². The van der Waals surface area contributed by atoms with E-state index in [-0.39, 0.29) is 11.8 Å². The minimum absolute atomic E-state index is 0.146. The first-order valence-corrected chi connectivity index (χ1v) is 8.89. The van der Waals surface area contributed by atoms with Crippen LogP contribution in [-0.2, 0) is 9.59 Å². The summed E-state index contributed by atoms with van der Waals surface area (Å²) in [5, 5.41) is 0. The predicted octanol–water partition coefficient (Wildman–Crippen LogP) is 2.10. The fourth-order valence-corrected chi connectivity index (χ4v) is 3.36. The molecule has 0 N–H and O–H groups in total. The maximum absolute atomic E-state index is 11.7. The molecule has 0 aliphatic heterocycles. The van der Waals surface area contributed by atoms with Crippen LogP contribution >= 0.6 is 21.6 Å². The lowest BCUT2D eigenvalue weighted by Gasteiger charge is -2.19. The van der Waals surface area contributed by atoms with Crippen molar-refractivity contribution >= 4 is 33.4 Å². The molecule has 106 valence electrons. The Kier molecular flexibility index (Phi) is 10.3. The maximum Gasteiger partial charge on any atom is 0.233 e. The number of hydrogen-bond donors (Lipinski definition) is 0. The minimum Gasteiger partial charge on any atom is -0.343 e. The van der Waals surface area contributed by atoms with Crippen molar-refractivity contribution in [3.05, 3.63) is 0 Å². The highest BCUT2D eigenvalue weighted by atomic mass is 33.1. The smallest absolute Gasteiger partial charge is 0.233 e. The molecule has 0 aromatic heterocycles. The zero-order chi connectivity index (χ0) is 14.0. The van der Waals surface area contributed by atoms with Crippen molar-refractivity contribution in [1.82, 2.24) is 9.80 Å². The number of nitrogens with zero attached hydrogens (tertiary/aromatic N) is 2. The van der Waals surface area contributed by atoms with Gasteiger partial charge < -0.3 is 9.80 Å². The molecule has 0 fully saturated rings. The lowest BCUT2D eigenvalue weighted by molar-refractivity contribution is -0.128. The summed E-state index contributed by atoms with van der Waals surface area (Å²) in [6, 6.07) is 0. The molecule has 0 aliphatic rings. The number of amides is 2. The summed E-state index contributed by atoms with van der Waals surface area (Å²) in [7, 11) is 2.93. The maximum atomic E-state index is 11.7. The Hall–Kier alpha value is -0.360. The summed E-state index contributed by atoms with van der Waals surface area (Å²) in [5.74, 6) is 1.18.